The Labute approximate surface area is 130 Å². The van der Waals surface area contributed by atoms with Gasteiger partial charge in [0.15, 0.2) is 0 Å². The fraction of sp³-hybridized carbons (Fsp3) is 0.467. The first-order valence-electron chi connectivity index (χ1n) is 7.13. The van der Waals surface area contributed by atoms with Gasteiger partial charge in [-0.2, -0.15) is 0 Å². The van der Waals surface area contributed by atoms with E-state index >= 15 is 0 Å². The van der Waals surface area contributed by atoms with Gasteiger partial charge in [0.25, 0.3) is 5.91 Å². The Morgan fingerprint density at radius 3 is 2.57 bits per heavy atom. The summed E-state index contributed by atoms with van der Waals surface area (Å²) < 4.78 is 0. The maximum atomic E-state index is 11.8. The Hall–Kier alpha value is -1.59. The molecule has 1 unspecified atom stereocenters. The molecule has 1 aromatic carbocycles. The van der Waals surface area contributed by atoms with Crippen LogP contribution in [0.15, 0.2) is 18.2 Å². The molecule has 0 aliphatic carbocycles. The zero-order valence-electron chi connectivity index (χ0n) is 12.4. The summed E-state index contributed by atoms with van der Waals surface area (Å²) in [5.74, 6) is -0.474. The first-order chi connectivity index (χ1) is 9.99. The molecule has 1 atom stereocenters. The van der Waals surface area contributed by atoms with Gasteiger partial charge in [-0.05, 0) is 31.0 Å². The van der Waals surface area contributed by atoms with Crippen LogP contribution in [-0.2, 0) is 4.79 Å². The Bertz CT molecular complexity index is 506. The second-order valence-corrected chi connectivity index (χ2v) is 5.24. The van der Waals surface area contributed by atoms with Gasteiger partial charge in [0.05, 0.1) is 16.6 Å². The minimum absolute atomic E-state index is 0.220. The lowest BCUT2D eigenvalue weighted by molar-refractivity contribution is -0.117. The van der Waals surface area contributed by atoms with Gasteiger partial charge in [-0.15, -0.1) is 0 Å². The third kappa shape index (κ3) is 5.36. The monoisotopic (exact) mass is 311 g/mol. The van der Waals surface area contributed by atoms with Crippen LogP contribution in [0.1, 0.15) is 43.5 Å². The molecule has 6 heteroatoms. The third-order valence-corrected chi connectivity index (χ3v) is 3.27. The van der Waals surface area contributed by atoms with Crippen molar-refractivity contribution in [3.63, 3.8) is 0 Å². The summed E-state index contributed by atoms with van der Waals surface area (Å²) in [7, 11) is 0. The van der Waals surface area contributed by atoms with E-state index in [2.05, 4.69) is 10.6 Å². The molecule has 2 amide bonds. The number of nitrogens with two attached hydrogens (primary N) is 1. The predicted octanol–water partition coefficient (Wildman–Crippen LogP) is 2.55. The lowest BCUT2D eigenvalue weighted by atomic mass is 10.1. The molecule has 4 N–H and O–H groups in total. The molecule has 0 radical (unpaired) electrons. The van der Waals surface area contributed by atoms with Gasteiger partial charge in [-0.25, -0.2) is 0 Å². The standard InChI is InChI=1S/C15H22ClN3O2/c1-3-5-13(17)15(21)19-10-6-7-11(12(16)9-10)14(20)18-8-4-2/h6-7,9,13H,3-5,8,17H2,1-2H3,(H,18,20)(H,19,21). The number of carbonyl (C=O) groups excluding carboxylic acids is 2. The second kappa shape index (κ2) is 8.64. The highest BCUT2D eigenvalue weighted by Crippen LogP contribution is 2.21. The summed E-state index contributed by atoms with van der Waals surface area (Å²) in [5.41, 5.74) is 6.66. The van der Waals surface area contributed by atoms with E-state index in [-0.39, 0.29) is 11.8 Å². The van der Waals surface area contributed by atoms with Crippen molar-refractivity contribution in [1.29, 1.82) is 0 Å². The smallest absolute Gasteiger partial charge is 0.252 e. The number of carbonyl (C=O) groups is 2. The van der Waals surface area contributed by atoms with E-state index in [4.69, 9.17) is 17.3 Å². The SMILES string of the molecule is CCCNC(=O)c1ccc(NC(=O)C(N)CCC)cc1Cl. The highest BCUT2D eigenvalue weighted by atomic mass is 35.5. The van der Waals surface area contributed by atoms with E-state index in [0.29, 0.717) is 29.2 Å². The highest BCUT2D eigenvalue weighted by molar-refractivity contribution is 6.34. The number of halogens is 1. The van der Waals surface area contributed by atoms with Gasteiger partial charge in [-0.3, -0.25) is 9.59 Å². The van der Waals surface area contributed by atoms with Crippen LogP contribution in [0.3, 0.4) is 0 Å². The molecule has 116 valence electrons. The Morgan fingerprint density at radius 1 is 1.29 bits per heavy atom. The number of amides is 2. The Kier molecular flexibility index (Phi) is 7.19. The zero-order chi connectivity index (χ0) is 15.8. The van der Waals surface area contributed by atoms with Gasteiger partial charge in [-0.1, -0.05) is 31.9 Å². The zero-order valence-corrected chi connectivity index (χ0v) is 13.2. The van der Waals surface area contributed by atoms with Crippen LogP contribution in [0.4, 0.5) is 5.69 Å². The van der Waals surface area contributed by atoms with Gasteiger partial charge < -0.3 is 16.4 Å². The van der Waals surface area contributed by atoms with Crippen molar-refractivity contribution >= 4 is 29.1 Å². The van der Waals surface area contributed by atoms with Crippen molar-refractivity contribution in [2.75, 3.05) is 11.9 Å². The molecule has 0 saturated heterocycles. The van der Waals surface area contributed by atoms with Crippen molar-refractivity contribution in [2.24, 2.45) is 5.73 Å². The molecule has 0 bridgehead atoms. The summed E-state index contributed by atoms with van der Waals surface area (Å²) in [6.07, 6.45) is 2.32. The number of hydrogen-bond acceptors (Lipinski definition) is 3. The summed E-state index contributed by atoms with van der Waals surface area (Å²) in [6, 6.07) is 4.25. The molecule has 1 aromatic rings. The topological polar surface area (TPSA) is 84.2 Å². The third-order valence-electron chi connectivity index (χ3n) is 2.95. The predicted molar refractivity (Wildman–Crippen MR) is 85.6 cm³/mol. The lowest BCUT2D eigenvalue weighted by Gasteiger charge is -2.12. The normalized spacial score (nSPS) is 11.8. The maximum Gasteiger partial charge on any atom is 0.252 e. The molecule has 0 heterocycles. The summed E-state index contributed by atoms with van der Waals surface area (Å²) in [4.78, 5) is 23.7. The van der Waals surface area contributed by atoms with Crippen LogP contribution in [-0.4, -0.2) is 24.4 Å². The van der Waals surface area contributed by atoms with E-state index in [1.54, 1.807) is 18.2 Å². The highest BCUT2D eigenvalue weighted by Gasteiger charge is 2.14. The van der Waals surface area contributed by atoms with E-state index in [9.17, 15) is 9.59 Å². The van der Waals surface area contributed by atoms with Crippen molar-refractivity contribution in [2.45, 2.75) is 39.2 Å². The molecule has 0 aliphatic heterocycles. The van der Waals surface area contributed by atoms with E-state index in [1.165, 1.54) is 0 Å². The Balaban J connectivity index is 2.74. The fourth-order valence-electron chi connectivity index (χ4n) is 1.79. The average Bonchev–Trinajstić information content (AvgIpc) is 2.45. The van der Waals surface area contributed by atoms with Crippen LogP contribution >= 0.6 is 11.6 Å². The van der Waals surface area contributed by atoms with Crippen molar-refractivity contribution < 1.29 is 9.59 Å². The summed E-state index contributed by atoms with van der Waals surface area (Å²) >= 11 is 6.08. The molecule has 0 aromatic heterocycles. The maximum absolute atomic E-state index is 11.8. The average molecular weight is 312 g/mol. The minimum atomic E-state index is -0.540. The van der Waals surface area contributed by atoms with Crippen LogP contribution in [0, 0.1) is 0 Å². The van der Waals surface area contributed by atoms with Crippen LogP contribution < -0.4 is 16.4 Å². The molecular formula is C15H22ClN3O2. The largest absolute Gasteiger partial charge is 0.352 e. The molecule has 1 rings (SSSR count). The number of nitrogens with one attached hydrogen (secondary N) is 2. The van der Waals surface area contributed by atoms with Gasteiger partial charge in [0, 0.05) is 12.2 Å². The molecule has 0 fully saturated rings. The van der Waals surface area contributed by atoms with Crippen molar-refractivity contribution in [1.82, 2.24) is 5.32 Å². The van der Waals surface area contributed by atoms with Crippen molar-refractivity contribution in [3.8, 4) is 0 Å². The number of hydrogen-bond donors (Lipinski definition) is 3. The fourth-order valence-corrected chi connectivity index (χ4v) is 2.05. The number of benzene rings is 1. The van der Waals surface area contributed by atoms with Crippen LogP contribution in [0.25, 0.3) is 0 Å². The molecule has 0 saturated carbocycles. The molecule has 21 heavy (non-hydrogen) atoms. The first-order valence-corrected chi connectivity index (χ1v) is 7.51. The molecule has 0 spiro atoms. The summed E-state index contributed by atoms with van der Waals surface area (Å²) in [5, 5.41) is 5.75. The van der Waals surface area contributed by atoms with Crippen molar-refractivity contribution in [3.05, 3.63) is 28.8 Å². The Morgan fingerprint density at radius 2 is 2.00 bits per heavy atom. The summed E-state index contributed by atoms with van der Waals surface area (Å²) in [6.45, 7) is 4.54. The minimum Gasteiger partial charge on any atom is -0.352 e. The number of anilines is 1. The molecule has 5 nitrogen and oxygen atoms in total. The van der Waals surface area contributed by atoms with Crippen LogP contribution in [0.5, 0.6) is 0 Å². The van der Waals surface area contributed by atoms with Crippen LogP contribution in [0.2, 0.25) is 5.02 Å². The van der Waals surface area contributed by atoms with Gasteiger partial charge in [0.2, 0.25) is 5.91 Å². The van der Waals surface area contributed by atoms with Gasteiger partial charge >= 0.3 is 0 Å². The first kappa shape index (κ1) is 17.5. The van der Waals surface area contributed by atoms with E-state index in [1.807, 2.05) is 13.8 Å². The van der Waals surface area contributed by atoms with E-state index in [0.717, 1.165) is 12.8 Å². The molecular weight excluding hydrogens is 290 g/mol. The lowest BCUT2D eigenvalue weighted by Crippen LogP contribution is -2.35. The number of rotatable bonds is 7. The van der Waals surface area contributed by atoms with Gasteiger partial charge in [0.1, 0.15) is 0 Å². The quantitative estimate of drug-likeness (QED) is 0.723. The molecule has 0 aliphatic rings. The van der Waals surface area contributed by atoms with E-state index < -0.39 is 6.04 Å². The second-order valence-electron chi connectivity index (χ2n) is 4.83.